The molecule has 5 N–H and O–H groups in total. The van der Waals surface area contributed by atoms with Crippen LogP contribution in [-0.2, 0) is 40.6 Å². The minimum Gasteiger partial charge on any atom is -0.384 e. The monoisotopic (exact) mass is 603 g/mol. The van der Waals surface area contributed by atoms with Gasteiger partial charge < -0.3 is 20.5 Å². The molecule has 4 rings (SSSR count). The molecule has 0 saturated carbocycles. The van der Waals surface area contributed by atoms with E-state index in [9.17, 15) is 13.2 Å². The number of hydrogen-bond acceptors (Lipinski definition) is 6. The van der Waals surface area contributed by atoms with Gasteiger partial charge >= 0.3 is 0 Å². The molecule has 1 amide bonds. The molecular formula is C32H41N7O3S. The largest absolute Gasteiger partial charge is 0.384 e. The van der Waals surface area contributed by atoms with Crippen LogP contribution in [0.3, 0.4) is 0 Å². The summed E-state index contributed by atoms with van der Waals surface area (Å²) in [7, 11) is -2.23. The van der Waals surface area contributed by atoms with Crippen molar-refractivity contribution in [2.75, 3.05) is 31.4 Å². The summed E-state index contributed by atoms with van der Waals surface area (Å²) in [5.41, 5.74) is 10.00. The van der Waals surface area contributed by atoms with Crippen molar-refractivity contribution < 1.29 is 13.2 Å². The van der Waals surface area contributed by atoms with Crippen LogP contribution in [0.4, 0.5) is 5.69 Å². The molecule has 0 fully saturated rings. The molecule has 0 unspecified atom stereocenters. The number of fused-ring (bicyclic) bond motifs is 1. The second-order valence-electron chi connectivity index (χ2n) is 10.4. The summed E-state index contributed by atoms with van der Waals surface area (Å²) in [6, 6.07) is 20.0. The molecule has 1 heterocycles. The normalized spacial score (nSPS) is 11.6. The fourth-order valence-corrected chi connectivity index (χ4v) is 6.45. The summed E-state index contributed by atoms with van der Waals surface area (Å²) < 4.78 is 31.9. The van der Waals surface area contributed by atoms with E-state index in [0.717, 1.165) is 42.1 Å². The van der Waals surface area contributed by atoms with Crippen molar-refractivity contribution in [1.82, 2.24) is 19.8 Å². The van der Waals surface area contributed by atoms with E-state index in [0.29, 0.717) is 49.0 Å². The van der Waals surface area contributed by atoms with E-state index >= 15 is 0 Å². The van der Waals surface area contributed by atoms with Crippen LogP contribution in [-0.4, -0.2) is 61.3 Å². The van der Waals surface area contributed by atoms with Crippen LogP contribution in [0, 0.1) is 5.41 Å². The third-order valence-corrected chi connectivity index (χ3v) is 9.16. The van der Waals surface area contributed by atoms with Crippen molar-refractivity contribution in [3.05, 3.63) is 89.2 Å². The number of likely N-dealkylation sites (N-methyl/N-ethyl adjacent to an activating group) is 1. The molecule has 228 valence electrons. The van der Waals surface area contributed by atoms with Crippen molar-refractivity contribution in [3.63, 3.8) is 0 Å². The molecule has 0 aliphatic heterocycles. The third kappa shape index (κ3) is 7.99. The maximum atomic E-state index is 13.5. The van der Waals surface area contributed by atoms with E-state index in [1.807, 2.05) is 47.0 Å². The van der Waals surface area contributed by atoms with Gasteiger partial charge in [-0.3, -0.25) is 14.9 Å². The molecular weight excluding hydrogens is 562 g/mol. The molecule has 0 saturated heterocycles. The zero-order valence-corrected chi connectivity index (χ0v) is 25.9. The van der Waals surface area contributed by atoms with Crippen molar-refractivity contribution in [3.8, 4) is 0 Å². The van der Waals surface area contributed by atoms with Crippen LogP contribution in [0.2, 0.25) is 0 Å². The first kappa shape index (κ1) is 31.7. The van der Waals surface area contributed by atoms with Crippen molar-refractivity contribution in [2.24, 2.45) is 5.73 Å². The Kier molecular flexibility index (Phi) is 10.5. The maximum absolute atomic E-state index is 13.5. The van der Waals surface area contributed by atoms with E-state index in [1.165, 1.54) is 0 Å². The van der Waals surface area contributed by atoms with Crippen LogP contribution in [0.5, 0.6) is 0 Å². The van der Waals surface area contributed by atoms with Gasteiger partial charge in [-0.1, -0.05) is 56.3 Å². The van der Waals surface area contributed by atoms with E-state index in [2.05, 4.69) is 28.8 Å². The Labute approximate surface area is 253 Å². The Morgan fingerprint density at radius 1 is 1.00 bits per heavy atom. The van der Waals surface area contributed by atoms with E-state index in [4.69, 9.17) is 16.1 Å². The second-order valence-corrected chi connectivity index (χ2v) is 12.1. The molecule has 10 nitrogen and oxygen atoms in total. The third-order valence-electron chi connectivity index (χ3n) is 7.68. The summed E-state index contributed by atoms with van der Waals surface area (Å²) in [4.78, 5) is 19.5. The topological polar surface area (TPSA) is 146 Å². The predicted octanol–water partition coefficient (Wildman–Crippen LogP) is 3.93. The Morgan fingerprint density at radius 3 is 2.40 bits per heavy atom. The minimum absolute atomic E-state index is 0.0251. The molecule has 4 aromatic rings. The average molecular weight is 604 g/mol. The van der Waals surface area contributed by atoms with E-state index in [1.54, 1.807) is 31.3 Å². The molecule has 0 atom stereocenters. The number of amides is 1. The van der Waals surface area contributed by atoms with Crippen molar-refractivity contribution >= 4 is 38.5 Å². The average Bonchev–Trinajstić information content (AvgIpc) is 3.35. The summed E-state index contributed by atoms with van der Waals surface area (Å²) >= 11 is 0. The number of rotatable bonds is 15. The number of nitrogens with zero attached hydrogens (tertiary/aromatic N) is 3. The Bertz CT molecular complexity index is 1680. The van der Waals surface area contributed by atoms with Gasteiger partial charge in [-0.25, -0.2) is 13.4 Å². The summed E-state index contributed by atoms with van der Waals surface area (Å²) in [5, 5.41) is 10.3. The first-order chi connectivity index (χ1) is 20.6. The Hall–Kier alpha value is -4.22. The van der Waals surface area contributed by atoms with Gasteiger partial charge in [0.05, 0.1) is 21.6 Å². The van der Waals surface area contributed by atoms with Gasteiger partial charge in [-0.2, -0.15) is 0 Å². The molecule has 3 aromatic carbocycles. The summed E-state index contributed by atoms with van der Waals surface area (Å²) in [6.07, 6.45) is 2.24. The van der Waals surface area contributed by atoms with Gasteiger partial charge in [0, 0.05) is 38.5 Å². The van der Waals surface area contributed by atoms with Crippen LogP contribution in [0.1, 0.15) is 42.8 Å². The quantitative estimate of drug-likeness (QED) is 0.120. The standard InChI is InChI=1S/C32H41N7O3S/c1-4-38(5-2)20-18-24-8-6-7-9-29(24)43(41,42)37-26-15-16-28-27(22-26)36-30(39(28)21-19-31(40)35-3)17-12-23-10-13-25(14-11-23)32(33)34/h6-11,13-16,22,37H,4-5,12,17-21H2,1-3H3,(H3,33,34)(H,35,40). The second kappa shape index (κ2) is 14.3. The number of aromatic nitrogens is 2. The van der Waals surface area contributed by atoms with Gasteiger partial charge in [0.15, 0.2) is 0 Å². The highest BCUT2D eigenvalue weighted by atomic mass is 32.2. The number of sulfonamides is 1. The van der Waals surface area contributed by atoms with Crippen LogP contribution in [0.15, 0.2) is 71.6 Å². The fraction of sp³-hybridized carbons (Fsp3) is 0.344. The molecule has 0 radical (unpaired) electrons. The number of nitrogens with two attached hydrogens (primary N) is 1. The van der Waals surface area contributed by atoms with Gasteiger partial charge in [0.1, 0.15) is 11.7 Å². The number of anilines is 1. The number of carbonyl (C=O) groups excluding carboxylic acids is 1. The highest BCUT2D eigenvalue weighted by molar-refractivity contribution is 7.92. The zero-order chi connectivity index (χ0) is 31.0. The number of amidine groups is 1. The van der Waals surface area contributed by atoms with E-state index < -0.39 is 10.0 Å². The number of nitrogens with one attached hydrogen (secondary N) is 3. The molecule has 43 heavy (non-hydrogen) atoms. The van der Waals surface area contributed by atoms with Crippen LogP contribution < -0.4 is 15.8 Å². The minimum atomic E-state index is -3.84. The Morgan fingerprint density at radius 2 is 1.72 bits per heavy atom. The summed E-state index contributed by atoms with van der Waals surface area (Å²) in [5.74, 6) is 0.755. The lowest BCUT2D eigenvalue weighted by Gasteiger charge is -2.19. The number of imidazole rings is 1. The highest BCUT2D eigenvalue weighted by Crippen LogP contribution is 2.25. The zero-order valence-electron chi connectivity index (χ0n) is 25.1. The molecule has 1 aromatic heterocycles. The highest BCUT2D eigenvalue weighted by Gasteiger charge is 2.20. The SMILES string of the molecule is CCN(CC)CCc1ccccc1S(=O)(=O)Nc1ccc2c(c1)nc(CCc1ccc(C(=N)N)cc1)n2CCC(=O)NC. The van der Waals surface area contributed by atoms with Crippen LogP contribution in [0.25, 0.3) is 11.0 Å². The summed E-state index contributed by atoms with van der Waals surface area (Å²) in [6.45, 7) is 7.24. The molecule has 11 heteroatoms. The maximum Gasteiger partial charge on any atom is 0.262 e. The molecule has 0 aliphatic carbocycles. The number of aryl methyl sites for hydroxylation is 3. The van der Waals surface area contributed by atoms with Gasteiger partial charge in [-0.15, -0.1) is 0 Å². The number of carbonyl (C=O) groups is 1. The number of nitrogen functional groups attached to an aromatic ring is 1. The molecule has 0 aliphatic rings. The fourth-order valence-electron chi connectivity index (χ4n) is 5.13. The first-order valence-electron chi connectivity index (χ1n) is 14.6. The lowest BCUT2D eigenvalue weighted by atomic mass is 10.1. The lowest BCUT2D eigenvalue weighted by molar-refractivity contribution is -0.120. The van der Waals surface area contributed by atoms with Gasteiger partial charge in [0.25, 0.3) is 10.0 Å². The predicted molar refractivity (Wildman–Crippen MR) is 172 cm³/mol. The van der Waals surface area contributed by atoms with Crippen LogP contribution >= 0.6 is 0 Å². The molecule has 0 spiro atoms. The smallest absolute Gasteiger partial charge is 0.262 e. The van der Waals surface area contributed by atoms with Gasteiger partial charge in [-0.05, 0) is 61.3 Å². The number of benzene rings is 3. The van der Waals surface area contributed by atoms with Crippen molar-refractivity contribution in [2.45, 2.75) is 51.0 Å². The molecule has 0 bridgehead atoms. The van der Waals surface area contributed by atoms with Crippen molar-refractivity contribution in [1.29, 1.82) is 5.41 Å². The van der Waals surface area contributed by atoms with E-state index in [-0.39, 0.29) is 16.6 Å². The first-order valence-corrected chi connectivity index (χ1v) is 16.1. The lowest BCUT2D eigenvalue weighted by Crippen LogP contribution is -2.26. The number of hydrogen-bond donors (Lipinski definition) is 4. The van der Waals surface area contributed by atoms with Gasteiger partial charge in [0.2, 0.25) is 5.91 Å². The Balaban J connectivity index is 1.59.